The summed E-state index contributed by atoms with van der Waals surface area (Å²) in [4.78, 5) is 11.9. The monoisotopic (exact) mass is 307 g/mol. The van der Waals surface area contributed by atoms with E-state index in [9.17, 15) is 4.79 Å². The molecule has 2 aromatic rings. The molecule has 7 heteroatoms. The van der Waals surface area contributed by atoms with Gasteiger partial charge in [-0.15, -0.1) is 10.2 Å². The number of hydrogen-bond donors (Lipinski definition) is 2. The normalized spacial score (nSPS) is 12.0. The largest absolute Gasteiger partial charge is 0.332 e. The van der Waals surface area contributed by atoms with E-state index in [1.54, 1.807) is 12.4 Å². The van der Waals surface area contributed by atoms with Gasteiger partial charge in [0.1, 0.15) is 6.33 Å². The fraction of sp³-hybridized carbons (Fsp3) is 0.357. The highest BCUT2D eigenvalue weighted by atomic mass is 35.5. The summed E-state index contributed by atoms with van der Waals surface area (Å²) in [6.45, 7) is 5.00. The van der Waals surface area contributed by atoms with Crippen molar-refractivity contribution in [2.75, 3.05) is 0 Å². The Morgan fingerprint density at radius 3 is 3.00 bits per heavy atom. The Hall–Kier alpha value is -2.08. The molecule has 0 fully saturated rings. The maximum absolute atomic E-state index is 11.9. The minimum atomic E-state index is -0.256. The van der Waals surface area contributed by atoms with Crippen LogP contribution in [0.3, 0.4) is 0 Å². The maximum atomic E-state index is 11.9. The molecule has 0 bridgehead atoms. The summed E-state index contributed by atoms with van der Waals surface area (Å²) < 4.78 is 1.88. The van der Waals surface area contributed by atoms with Crippen LogP contribution < -0.4 is 10.6 Å². The number of halogens is 1. The first-order chi connectivity index (χ1) is 10.1. The molecule has 6 nitrogen and oxygen atoms in total. The quantitative estimate of drug-likeness (QED) is 0.891. The number of hydrogen-bond acceptors (Lipinski definition) is 3. The molecular formula is C14H18ClN5O. The molecule has 0 spiro atoms. The van der Waals surface area contributed by atoms with Crippen LogP contribution in [0, 0.1) is 0 Å². The molecule has 21 heavy (non-hydrogen) atoms. The lowest BCUT2D eigenvalue weighted by Crippen LogP contribution is -2.37. The first kappa shape index (κ1) is 15.3. The van der Waals surface area contributed by atoms with Gasteiger partial charge in [-0.05, 0) is 31.5 Å². The third kappa shape index (κ3) is 4.19. The average Bonchev–Trinajstić information content (AvgIpc) is 2.92. The first-order valence-corrected chi connectivity index (χ1v) is 7.14. The van der Waals surface area contributed by atoms with Crippen LogP contribution in [0.15, 0.2) is 30.6 Å². The van der Waals surface area contributed by atoms with Gasteiger partial charge in [0, 0.05) is 11.6 Å². The van der Waals surface area contributed by atoms with E-state index in [2.05, 4.69) is 20.8 Å². The number of amides is 2. The van der Waals surface area contributed by atoms with Crippen molar-refractivity contribution in [3.8, 4) is 0 Å². The van der Waals surface area contributed by atoms with Crippen molar-refractivity contribution in [3.63, 3.8) is 0 Å². The Kier molecular flexibility index (Phi) is 5.16. The average molecular weight is 308 g/mol. The summed E-state index contributed by atoms with van der Waals surface area (Å²) in [5.41, 5.74) is 0.953. The second-order valence-corrected chi connectivity index (χ2v) is 5.07. The molecule has 1 heterocycles. The Bertz CT molecular complexity index is 613. The minimum Gasteiger partial charge on any atom is -0.332 e. The Balaban J connectivity index is 1.87. The van der Waals surface area contributed by atoms with E-state index in [0.717, 1.165) is 17.9 Å². The van der Waals surface area contributed by atoms with Crippen molar-refractivity contribution in [3.05, 3.63) is 47.0 Å². The number of nitrogens with one attached hydrogen (secondary N) is 2. The van der Waals surface area contributed by atoms with Gasteiger partial charge in [-0.2, -0.15) is 0 Å². The van der Waals surface area contributed by atoms with Crippen LogP contribution in [-0.2, 0) is 13.1 Å². The van der Waals surface area contributed by atoms with Gasteiger partial charge >= 0.3 is 6.03 Å². The van der Waals surface area contributed by atoms with E-state index < -0.39 is 0 Å². The van der Waals surface area contributed by atoms with Gasteiger partial charge in [-0.1, -0.05) is 23.7 Å². The lowest BCUT2D eigenvalue weighted by atomic mass is 10.1. The minimum absolute atomic E-state index is 0.132. The first-order valence-electron chi connectivity index (χ1n) is 6.76. The summed E-state index contributed by atoms with van der Waals surface area (Å²) in [6, 6.07) is 7.03. The smallest absolute Gasteiger partial charge is 0.315 e. The Labute approximate surface area is 128 Å². The molecule has 0 aliphatic rings. The van der Waals surface area contributed by atoms with E-state index in [1.807, 2.05) is 36.6 Å². The summed E-state index contributed by atoms with van der Waals surface area (Å²) in [5.74, 6) is 0.725. The highest BCUT2D eigenvalue weighted by Crippen LogP contribution is 2.17. The number of urea groups is 1. The molecule has 0 saturated carbocycles. The number of benzene rings is 1. The molecule has 2 amide bonds. The van der Waals surface area contributed by atoms with Gasteiger partial charge in [0.25, 0.3) is 0 Å². The standard InChI is InChI=1S/C14H18ClN5O/c1-3-20-9-17-19-13(20)8-16-14(21)18-10(2)11-5-4-6-12(15)7-11/h4-7,9-10H,3,8H2,1-2H3,(H2,16,18,21)/t10-/m0/s1. The molecule has 2 N–H and O–H groups in total. The van der Waals surface area contributed by atoms with Crippen molar-refractivity contribution >= 4 is 17.6 Å². The Morgan fingerprint density at radius 1 is 1.48 bits per heavy atom. The zero-order valence-corrected chi connectivity index (χ0v) is 12.8. The van der Waals surface area contributed by atoms with Crippen LogP contribution in [0.1, 0.15) is 31.3 Å². The number of aryl methyl sites for hydroxylation is 1. The van der Waals surface area contributed by atoms with Crippen LogP contribution in [0.4, 0.5) is 4.79 Å². The van der Waals surface area contributed by atoms with Crippen molar-refractivity contribution in [2.24, 2.45) is 0 Å². The number of aromatic nitrogens is 3. The maximum Gasteiger partial charge on any atom is 0.315 e. The van der Waals surface area contributed by atoms with Gasteiger partial charge in [-0.3, -0.25) is 0 Å². The van der Waals surface area contributed by atoms with Gasteiger partial charge < -0.3 is 15.2 Å². The van der Waals surface area contributed by atoms with Crippen LogP contribution in [0.25, 0.3) is 0 Å². The van der Waals surface area contributed by atoms with E-state index in [0.29, 0.717) is 11.6 Å². The van der Waals surface area contributed by atoms with Gasteiger partial charge in [0.05, 0.1) is 12.6 Å². The van der Waals surface area contributed by atoms with Crippen molar-refractivity contribution in [2.45, 2.75) is 33.0 Å². The summed E-state index contributed by atoms with van der Waals surface area (Å²) in [5, 5.41) is 14.1. The van der Waals surface area contributed by atoms with Crippen LogP contribution in [-0.4, -0.2) is 20.8 Å². The molecule has 0 unspecified atom stereocenters. The summed E-state index contributed by atoms with van der Waals surface area (Å²) >= 11 is 5.94. The van der Waals surface area contributed by atoms with Gasteiger partial charge in [0.2, 0.25) is 0 Å². The number of rotatable bonds is 5. The topological polar surface area (TPSA) is 71.8 Å². The SMILES string of the molecule is CCn1cnnc1CNC(=O)N[C@@H](C)c1cccc(Cl)c1. The lowest BCUT2D eigenvalue weighted by molar-refractivity contribution is 0.237. The number of carbonyl (C=O) groups is 1. The Morgan fingerprint density at radius 2 is 2.29 bits per heavy atom. The lowest BCUT2D eigenvalue weighted by Gasteiger charge is -2.15. The molecule has 2 rings (SSSR count). The third-order valence-electron chi connectivity index (χ3n) is 3.14. The van der Waals surface area contributed by atoms with Gasteiger partial charge in [-0.25, -0.2) is 4.79 Å². The second kappa shape index (κ2) is 7.08. The van der Waals surface area contributed by atoms with E-state index in [-0.39, 0.29) is 12.1 Å². The predicted octanol–water partition coefficient (Wildman–Crippen LogP) is 2.51. The summed E-state index contributed by atoms with van der Waals surface area (Å²) in [6.07, 6.45) is 1.64. The van der Waals surface area contributed by atoms with Crippen molar-refractivity contribution in [1.82, 2.24) is 25.4 Å². The zero-order valence-electron chi connectivity index (χ0n) is 12.0. The van der Waals surface area contributed by atoms with Crippen molar-refractivity contribution < 1.29 is 4.79 Å². The predicted molar refractivity (Wildman–Crippen MR) is 80.9 cm³/mol. The molecule has 0 saturated heterocycles. The molecule has 1 aromatic carbocycles. The molecule has 0 aliphatic heterocycles. The molecule has 0 aliphatic carbocycles. The highest BCUT2D eigenvalue weighted by molar-refractivity contribution is 6.30. The van der Waals surface area contributed by atoms with E-state index in [1.165, 1.54) is 0 Å². The van der Waals surface area contributed by atoms with E-state index in [4.69, 9.17) is 11.6 Å². The third-order valence-corrected chi connectivity index (χ3v) is 3.37. The fourth-order valence-electron chi connectivity index (χ4n) is 1.95. The molecular weight excluding hydrogens is 290 g/mol. The number of carbonyl (C=O) groups excluding carboxylic acids is 1. The molecule has 0 radical (unpaired) electrons. The molecule has 1 aromatic heterocycles. The van der Waals surface area contributed by atoms with Crippen LogP contribution in [0.2, 0.25) is 5.02 Å². The van der Waals surface area contributed by atoms with Gasteiger partial charge in [0.15, 0.2) is 5.82 Å². The van der Waals surface area contributed by atoms with E-state index >= 15 is 0 Å². The second-order valence-electron chi connectivity index (χ2n) is 4.64. The van der Waals surface area contributed by atoms with Crippen LogP contribution in [0.5, 0.6) is 0 Å². The summed E-state index contributed by atoms with van der Waals surface area (Å²) in [7, 11) is 0. The van der Waals surface area contributed by atoms with Crippen LogP contribution >= 0.6 is 11.6 Å². The van der Waals surface area contributed by atoms with Crippen molar-refractivity contribution in [1.29, 1.82) is 0 Å². The molecule has 112 valence electrons. The zero-order chi connectivity index (χ0) is 15.2. The highest BCUT2D eigenvalue weighted by Gasteiger charge is 2.10. The molecule has 1 atom stereocenters. The number of nitrogens with zero attached hydrogens (tertiary/aromatic N) is 3. The fourth-order valence-corrected chi connectivity index (χ4v) is 2.14.